The summed E-state index contributed by atoms with van der Waals surface area (Å²) < 4.78 is 6.11. The highest BCUT2D eigenvalue weighted by Crippen LogP contribution is 2.29. The Labute approximate surface area is 154 Å². The molecule has 0 fully saturated rings. The second kappa shape index (κ2) is 11.7. The van der Waals surface area contributed by atoms with Crippen molar-refractivity contribution in [1.82, 2.24) is 0 Å². The van der Waals surface area contributed by atoms with Crippen LogP contribution in [0.15, 0.2) is 18.2 Å². The van der Waals surface area contributed by atoms with Crippen molar-refractivity contribution in [2.75, 3.05) is 19.8 Å². The first-order valence-electron chi connectivity index (χ1n) is 10.3. The molecule has 0 amide bonds. The molecule has 1 unspecified atom stereocenters. The van der Waals surface area contributed by atoms with Gasteiger partial charge in [-0.2, -0.15) is 0 Å². The monoisotopic (exact) mass is 347 g/mol. The molecule has 3 nitrogen and oxygen atoms in total. The van der Waals surface area contributed by atoms with Gasteiger partial charge in [0.05, 0.1) is 6.10 Å². The van der Waals surface area contributed by atoms with Crippen LogP contribution in [-0.4, -0.2) is 31.0 Å². The number of hydrogen-bond acceptors (Lipinski definition) is 3. The maximum atomic E-state index is 8.97. The van der Waals surface area contributed by atoms with Crippen molar-refractivity contribution in [3.05, 3.63) is 34.9 Å². The Kier molecular flexibility index (Phi) is 9.52. The maximum Gasteiger partial charge on any atom is 0.0618 e. The Morgan fingerprint density at radius 1 is 1.16 bits per heavy atom. The van der Waals surface area contributed by atoms with E-state index in [2.05, 4.69) is 25.1 Å². The number of benzene rings is 1. The number of aliphatic hydroxyl groups excluding tert-OH is 1. The molecular weight excluding hydrogens is 310 g/mol. The normalized spacial score (nSPS) is 18.1. The molecule has 1 aromatic rings. The van der Waals surface area contributed by atoms with Gasteiger partial charge in [-0.15, -0.1) is 0 Å². The minimum atomic E-state index is 0.279. The lowest BCUT2D eigenvalue weighted by Crippen LogP contribution is -2.23. The van der Waals surface area contributed by atoms with Gasteiger partial charge in [0, 0.05) is 13.2 Å². The minimum Gasteiger partial charge on any atom is -0.396 e. The topological polar surface area (TPSA) is 55.5 Å². The SMILES string of the molecule is CCCCCCOC1CCc2cc([C@H](CN)CCCCO)ccc2C1. The van der Waals surface area contributed by atoms with Gasteiger partial charge >= 0.3 is 0 Å². The molecule has 2 rings (SSSR count). The molecule has 3 heteroatoms. The molecule has 142 valence electrons. The van der Waals surface area contributed by atoms with Gasteiger partial charge < -0.3 is 15.6 Å². The Balaban J connectivity index is 1.85. The quantitative estimate of drug-likeness (QED) is 0.553. The van der Waals surface area contributed by atoms with Gasteiger partial charge in [-0.25, -0.2) is 0 Å². The van der Waals surface area contributed by atoms with Crippen molar-refractivity contribution >= 4 is 0 Å². The summed E-state index contributed by atoms with van der Waals surface area (Å²) in [4.78, 5) is 0. The Morgan fingerprint density at radius 2 is 2.04 bits per heavy atom. The van der Waals surface area contributed by atoms with Gasteiger partial charge in [-0.3, -0.25) is 0 Å². The van der Waals surface area contributed by atoms with E-state index in [1.165, 1.54) is 42.4 Å². The molecule has 0 saturated carbocycles. The first kappa shape index (κ1) is 20.4. The standard InChI is InChI=1S/C22H37NO2/c1-2-3-4-7-14-25-22-12-11-18-15-19(9-10-20(18)16-22)21(17-23)8-5-6-13-24/h9-10,15,21-22,24H,2-8,11-14,16-17,23H2,1H3/t21-,22?/m0/s1. The zero-order valence-electron chi connectivity index (χ0n) is 16.0. The molecule has 3 N–H and O–H groups in total. The zero-order valence-corrected chi connectivity index (χ0v) is 16.0. The van der Waals surface area contributed by atoms with Gasteiger partial charge in [0.1, 0.15) is 0 Å². The number of aliphatic hydroxyl groups is 1. The molecule has 0 radical (unpaired) electrons. The van der Waals surface area contributed by atoms with Crippen LogP contribution >= 0.6 is 0 Å². The van der Waals surface area contributed by atoms with Gasteiger partial charge in [0.2, 0.25) is 0 Å². The van der Waals surface area contributed by atoms with Crippen LogP contribution in [0.4, 0.5) is 0 Å². The fourth-order valence-electron chi connectivity index (χ4n) is 3.84. The molecule has 25 heavy (non-hydrogen) atoms. The third-order valence-electron chi connectivity index (χ3n) is 5.48. The van der Waals surface area contributed by atoms with Crippen LogP contribution in [-0.2, 0) is 17.6 Å². The first-order valence-corrected chi connectivity index (χ1v) is 10.3. The zero-order chi connectivity index (χ0) is 17.9. The van der Waals surface area contributed by atoms with E-state index < -0.39 is 0 Å². The molecule has 0 saturated heterocycles. The number of aryl methyl sites for hydroxylation is 1. The lowest BCUT2D eigenvalue weighted by Gasteiger charge is -2.26. The number of hydrogen-bond donors (Lipinski definition) is 2. The van der Waals surface area contributed by atoms with E-state index in [1.807, 2.05) is 0 Å². The first-order chi connectivity index (χ1) is 12.3. The maximum absolute atomic E-state index is 8.97. The van der Waals surface area contributed by atoms with Crippen molar-refractivity contribution in [2.45, 2.75) is 83.2 Å². The third-order valence-corrected chi connectivity index (χ3v) is 5.48. The summed E-state index contributed by atoms with van der Waals surface area (Å²) in [6.07, 6.45) is 11.8. The highest BCUT2D eigenvalue weighted by molar-refractivity contribution is 5.36. The predicted octanol–water partition coefficient (Wildman–Crippen LogP) is 4.35. The molecule has 0 spiro atoms. The molecule has 0 heterocycles. The highest BCUT2D eigenvalue weighted by Gasteiger charge is 2.20. The van der Waals surface area contributed by atoms with Crippen LogP contribution in [0.1, 0.15) is 80.9 Å². The molecule has 1 aliphatic carbocycles. The van der Waals surface area contributed by atoms with E-state index in [0.717, 1.165) is 45.1 Å². The fraction of sp³-hybridized carbons (Fsp3) is 0.727. The summed E-state index contributed by atoms with van der Waals surface area (Å²) in [6.45, 7) is 4.13. The number of ether oxygens (including phenoxy) is 1. The average Bonchev–Trinajstić information content (AvgIpc) is 2.65. The van der Waals surface area contributed by atoms with Crippen molar-refractivity contribution in [3.8, 4) is 0 Å². The molecule has 1 aromatic carbocycles. The summed E-state index contributed by atoms with van der Waals surface area (Å²) in [6, 6.07) is 6.94. The summed E-state index contributed by atoms with van der Waals surface area (Å²) in [7, 11) is 0. The number of unbranched alkanes of at least 4 members (excludes halogenated alkanes) is 4. The van der Waals surface area contributed by atoms with Crippen LogP contribution in [0, 0.1) is 0 Å². The molecule has 1 aliphatic rings. The van der Waals surface area contributed by atoms with Gasteiger partial charge in [-0.1, -0.05) is 50.8 Å². The summed E-state index contributed by atoms with van der Waals surface area (Å²) >= 11 is 0. The second-order valence-corrected chi connectivity index (χ2v) is 7.48. The lowest BCUT2D eigenvalue weighted by molar-refractivity contribution is 0.0417. The Hall–Kier alpha value is -0.900. The van der Waals surface area contributed by atoms with Crippen molar-refractivity contribution in [3.63, 3.8) is 0 Å². The van der Waals surface area contributed by atoms with Crippen LogP contribution in [0.5, 0.6) is 0 Å². The van der Waals surface area contributed by atoms with E-state index in [1.54, 1.807) is 0 Å². The van der Waals surface area contributed by atoms with Gasteiger partial charge in [0.15, 0.2) is 0 Å². The van der Waals surface area contributed by atoms with Crippen LogP contribution in [0.25, 0.3) is 0 Å². The second-order valence-electron chi connectivity index (χ2n) is 7.48. The van der Waals surface area contributed by atoms with E-state index in [0.29, 0.717) is 18.6 Å². The smallest absolute Gasteiger partial charge is 0.0618 e. The summed E-state index contributed by atoms with van der Waals surface area (Å²) in [5, 5.41) is 8.97. The van der Waals surface area contributed by atoms with Crippen molar-refractivity contribution in [1.29, 1.82) is 0 Å². The molecule has 2 atom stereocenters. The molecular formula is C22H37NO2. The van der Waals surface area contributed by atoms with Crippen molar-refractivity contribution in [2.24, 2.45) is 5.73 Å². The van der Waals surface area contributed by atoms with E-state index in [-0.39, 0.29) is 6.61 Å². The molecule has 0 aliphatic heterocycles. The summed E-state index contributed by atoms with van der Waals surface area (Å²) in [5.41, 5.74) is 10.3. The van der Waals surface area contributed by atoms with Crippen LogP contribution in [0.3, 0.4) is 0 Å². The lowest BCUT2D eigenvalue weighted by atomic mass is 9.85. The number of nitrogens with two attached hydrogens (primary N) is 1. The summed E-state index contributed by atoms with van der Waals surface area (Å²) in [5.74, 6) is 0.421. The largest absolute Gasteiger partial charge is 0.396 e. The minimum absolute atomic E-state index is 0.279. The average molecular weight is 348 g/mol. The Bertz CT molecular complexity index is 489. The van der Waals surface area contributed by atoms with E-state index in [9.17, 15) is 0 Å². The highest BCUT2D eigenvalue weighted by atomic mass is 16.5. The van der Waals surface area contributed by atoms with Crippen LogP contribution < -0.4 is 5.73 Å². The van der Waals surface area contributed by atoms with Crippen LogP contribution in [0.2, 0.25) is 0 Å². The molecule has 0 aromatic heterocycles. The number of rotatable bonds is 12. The fourth-order valence-corrected chi connectivity index (χ4v) is 3.84. The number of fused-ring (bicyclic) bond motifs is 1. The predicted molar refractivity (Wildman–Crippen MR) is 105 cm³/mol. The van der Waals surface area contributed by atoms with Gasteiger partial charge in [-0.05, 0) is 67.7 Å². The van der Waals surface area contributed by atoms with Crippen molar-refractivity contribution < 1.29 is 9.84 Å². The van der Waals surface area contributed by atoms with Gasteiger partial charge in [0.25, 0.3) is 0 Å². The van der Waals surface area contributed by atoms with E-state index >= 15 is 0 Å². The Morgan fingerprint density at radius 3 is 2.80 bits per heavy atom. The molecule has 0 bridgehead atoms. The third kappa shape index (κ3) is 6.73. The van der Waals surface area contributed by atoms with E-state index in [4.69, 9.17) is 15.6 Å².